The van der Waals surface area contributed by atoms with Gasteiger partial charge in [0, 0.05) is 13.2 Å². The first-order chi connectivity index (χ1) is 16.5. The summed E-state index contributed by atoms with van der Waals surface area (Å²) in [6, 6.07) is 16.2. The topological polar surface area (TPSA) is 76.7 Å². The Labute approximate surface area is 203 Å². The number of amides is 2. The van der Waals surface area contributed by atoms with Gasteiger partial charge in [-0.15, -0.1) is 0 Å². The zero-order chi connectivity index (χ0) is 24.3. The maximum absolute atomic E-state index is 13.2. The summed E-state index contributed by atoms with van der Waals surface area (Å²) in [5, 5.41) is 5.93. The predicted octanol–water partition coefficient (Wildman–Crippen LogP) is 4.76. The highest BCUT2D eigenvalue weighted by atomic mass is 16.5. The third kappa shape index (κ3) is 7.59. The minimum absolute atomic E-state index is 0.0319. The number of hydrogen-bond donors (Lipinski definition) is 2. The van der Waals surface area contributed by atoms with Crippen LogP contribution >= 0.6 is 0 Å². The highest BCUT2D eigenvalue weighted by molar-refractivity contribution is 5.91. The molecule has 4 atom stereocenters. The van der Waals surface area contributed by atoms with Crippen molar-refractivity contribution in [2.24, 2.45) is 5.92 Å². The van der Waals surface area contributed by atoms with Crippen molar-refractivity contribution in [3.05, 3.63) is 65.7 Å². The van der Waals surface area contributed by atoms with E-state index in [0.29, 0.717) is 24.6 Å². The maximum atomic E-state index is 13.2. The Morgan fingerprint density at radius 1 is 1.03 bits per heavy atom. The Balaban J connectivity index is 1.69. The molecule has 34 heavy (non-hydrogen) atoms. The van der Waals surface area contributed by atoms with Gasteiger partial charge in [0.05, 0.1) is 18.6 Å². The summed E-state index contributed by atoms with van der Waals surface area (Å²) in [6.07, 6.45) is 4.23. The van der Waals surface area contributed by atoms with Gasteiger partial charge in [0.25, 0.3) is 0 Å². The highest BCUT2D eigenvalue weighted by Crippen LogP contribution is 2.22. The Morgan fingerprint density at radius 3 is 2.41 bits per heavy atom. The van der Waals surface area contributed by atoms with Crippen molar-refractivity contribution in [3.8, 4) is 5.75 Å². The zero-order valence-corrected chi connectivity index (χ0v) is 20.6. The van der Waals surface area contributed by atoms with Crippen LogP contribution in [0.1, 0.15) is 69.5 Å². The molecule has 6 nitrogen and oxygen atoms in total. The van der Waals surface area contributed by atoms with Gasteiger partial charge in [-0.05, 0) is 55.4 Å². The lowest BCUT2D eigenvalue weighted by Crippen LogP contribution is -2.43. The molecule has 3 rings (SSSR count). The van der Waals surface area contributed by atoms with Crippen molar-refractivity contribution in [1.29, 1.82) is 0 Å². The van der Waals surface area contributed by atoms with Crippen molar-refractivity contribution in [2.75, 3.05) is 19.8 Å². The van der Waals surface area contributed by atoms with Crippen LogP contribution < -0.4 is 15.4 Å². The van der Waals surface area contributed by atoms with Gasteiger partial charge in [0.2, 0.25) is 11.8 Å². The molecule has 0 aliphatic carbocycles. The molecule has 1 aliphatic heterocycles. The molecule has 1 fully saturated rings. The summed E-state index contributed by atoms with van der Waals surface area (Å²) >= 11 is 0. The van der Waals surface area contributed by atoms with E-state index >= 15 is 0 Å². The minimum Gasteiger partial charge on any atom is -0.493 e. The van der Waals surface area contributed by atoms with Crippen molar-refractivity contribution in [2.45, 2.75) is 64.5 Å². The van der Waals surface area contributed by atoms with Crippen LogP contribution in [0.2, 0.25) is 0 Å². The van der Waals surface area contributed by atoms with Crippen LogP contribution in [0.5, 0.6) is 5.75 Å². The number of ether oxygens (including phenoxy) is 2. The largest absolute Gasteiger partial charge is 0.493 e. The van der Waals surface area contributed by atoms with E-state index in [2.05, 4.69) is 24.5 Å². The summed E-state index contributed by atoms with van der Waals surface area (Å²) in [7, 11) is 0. The molecule has 1 saturated heterocycles. The van der Waals surface area contributed by atoms with Gasteiger partial charge >= 0.3 is 0 Å². The molecule has 2 aromatic carbocycles. The van der Waals surface area contributed by atoms with Gasteiger partial charge in [0.15, 0.2) is 0 Å². The Bertz CT molecular complexity index is 894. The standard InChI is InChI=1S/C28H38N2O4/c1-4-9-20(2)19-34-24-15-13-23(14-16-24)26(28(32)29-18-25-12-8-17-33-25)30-27(31)21(3)22-10-6-5-7-11-22/h5-7,10-11,13-16,20-21,25-26H,4,8-9,12,17-19H2,1-3H3,(H,29,32)(H,30,31)/t20?,21-,25?,26+/m0/s1. The molecule has 2 unspecified atom stereocenters. The number of benzene rings is 2. The lowest BCUT2D eigenvalue weighted by atomic mass is 9.98. The van der Waals surface area contributed by atoms with Crippen LogP contribution in [0, 0.1) is 5.92 Å². The van der Waals surface area contributed by atoms with Gasteiger partial charge in [-0.25, -0.2) is 0 Å². The van der Waals surface area contributed by atoms with E-state index in [1.54, 1.807) is 0 Å². The third-order valence-corrected chi connectivity index (χ3v) is 6.30. The maximum Gasteiger partial charge on any atom is 0.247 e. The average molecular weight is 467 g/mol. The van der Waals surface area contributed by atoms with Crippen LogP contribution in [0.3, 0.4) is 0 Å². The van der Waals surface area contributed by atoms with Gasteiger partial charge in [0.1, 0.15) is 11.8 Å². The molecule has 1 aliphatic rings. The van der Waals surface area contributed by atoms with E-state index in [1.807, 2.05) is 61.5 Å². The first-order valence-corrected chi connectivity index (χ1v) is 12.4. The fraction of sp³-hybridized carbons (Fsp3) is 0.500. The van der Waals surface area contributed by atoms with Gasteiger partial charge in [-0.2, -0.15) is 0 Å². The smallest absolute Gasteiger partial charge is 0.247 e. The van der Waals surface area contributed by atoms with E-state index in [9.17, 15) is 9.59 Å². The van der Waals surface area contributed by atoms with Crippen molar-refractivity contribution < 1.29 is 19.1 Å². The second-order valence-corrected chi connectivity index (χ2v) is 9.23. The minimum atomic E-state index is -0.798. The number of nitrogens with one attached hydrogen (secondary N) is 2. The van der Waals surface area contributed by atoms with E-state index in [-0.39, 0.29) is 23.8 Å². The van der Waals surface area contributed by atoms with Crippen molar-refractivity contribution in [3.63, 3.8) is 0 Å². The van der Waals surface area contributed by atoms with Gasteiger partial charge in [-0.1, -0.05) is 62.7 Å². The zero-order valence-electron chi connectivity index (χ0n) is 20.6. The summed E-state index contributed by atoms with van der Waals surface area (Å²) in [5.41, 5.74) is 1.62. The van der Waals surface area contributed by atoms with Crippen LogP contribution in [0.4, 0.5) is 0 Å². The number of carbonyl (C=O) groups is 2. The van der Waals surface area contributed by atoms with Crippen LogP contribution in [-0.2, 0) is 14.3 Å². The second kappa shape index (κ2) is 13.1. The molecule has 1 heterocycles. The van der Waals surface area contributed by atoms with E-state index in [4.69, 9.17) is 9.47 Å². The van der Waals surface area contributed by atoms with Crippen molar-refractivity contribution in [1.82, 2.24) is 10.6 Å². The first-order valence-electron chi connectivity index (χ1n) is 12.4. The molecule has 6 heteroatoms. The number of carbonyl (C=O) groups excluding carboxylic acids is 2. The van der Waals surface area contributed by atoms with E-state index < -0.39 is 6.04 Å². The molecular formula is C28H38N2O4. The first kappa shape index (κ1) is 25.8. The highest BCUT2D eigenvalue weighted by Gasteiger charge is 2.27. The fourth-order valence-electron chi connectivity index (χ4n) is 4.15. The summed E-state index contributed by atoms with van der Waals surface area (Å²) in [6.45, 7) is 8.02. The summed E-state index contributed by atoms with van der Waals surface area (Å²) in [4.78, 5) is 26.2. The van der Waals surface area contributed by atoms with Crippen LogP contribution in [0.15, 0.2) is 54.6 Å². The fourth-order valence-corrected chi connectivity index (χ4v) is 4.15. The quantitative estimate of drug-likeness (QED) is 0.473. The molecule has 2 N–H and O–H groups in total. The van der Waals surface area contributed by atoms with E-state index in [1.165, 1.54) is 0 Å². The molecule has 2 aromatic rings. The number of hydrogen-bond acceptors (Lipinski definition) is 4. The summed E-state index contributed by atoms with van der Waals surface area (Å²) < 4.78 is 11.5. The molecule has 0 spiro atoms. The SMILES string of the molecule is CCCC(C)COc1ccc([C@@H](NC(=O)[C@@H](C)c2ccccc2)C(=O)NCC2CCCO2)cc1. The molecular weight excluding hydrogens is 428 g/mol. The predicted molar refractivity (Wildman–Crippen MR) is 134 cm³/mol. The van der Waals surface area contributed by atoms with Crippen molar-refractivity contribution >= 4 is 11.8 Å². The van der Waals surface area contributed by atoms with Crippen LogP contribution in [0.25, 0.3) is 0 Å². The summed E-state index contributed by atoms with van der Waals surface area (Å²) in [5.74, 6) is 0.429. The Kier molecular flexibility index (Phi) is 9.95. The molecule has 0 saturated carbocycles. The normalized spacial score (nSPS) is 18.0. The Hall–Kier alpha value is -2.86. The lowest BCUT2D eigenvalue weighted by Gasteiger charge is -2.22. The monoisotopic (exact) mass is 466 g/mol. The van der Waals surface area contributed by atoms with E-state index in [0.717, 1.165) is 43.6 Å². The molecule has 184 valence electrons. The molecule has 0 radical (unpaired) electrons. The van der Waals surface area contributed by atoms with Gasteiger partial charge < -0.3 is 20.1 Å². The Morgan fingerprint density at radius 2 is 1.76 bits per heavy atom. The lowest BCUT2D eigenvalue weighted by molar-refractivity contribution is -0.130. The third-order valence-electron chi connectivity index (χ3n) is 6.30. The van der Waals surface area contributed by atoms with Gasteiger partial charge in [-0.3, -0.25) is 9.59 Å². The average Bonchev–Trinajstić information content (AvgIpc) is 3.39. The molecule has 0 bridgehead atoms. The second-order valence-electron chi connectivity index (χ2n) is 9.23. The molecule has 2 amide bonds. The number of rotatable bonds is 12. The molecule has 0 aromatic heterocycles. The van der Waals surface area contributed by atoms with Crippen LogP contribution in [-0.4, -0.2) is 37.7 Å².